The van der Waals surface area contributed by atoms with Crippen molar-refractivity contribution in [3.05, 3.63) is 83.4 Å². The molecule has 0 aliphatic carbocycles. The highest BCUT2D eigenvalue weighted by molar-refractivity contribution is 6.17. The Morgan fingerprint density at radius 3 is 2.75 bits per heavy atom. The summed E-state index contributed by atoms with van der Waals surface area (Å²) in [5.41, 5.74) is 5.19. The molecule has 4 aromatic rings. The molecule has 32 heavy (non-hydrogen) atoms. The number of phenolic OH excluding ortho intramolecular Hbond substituents is 1. The first-order valence-electron chi connectivity index (χ1n) is 10.4. The van der Waals surface area contributed by atoms with E-state index < -0.39 is 0 Å². The minimum Gasteiger partial charge on any atom is -0.507 e. The van der Waals surface area contributed by atoms with Crippen LogP contribution in [0.25, 0.3) is 28.2 Å². The lowest BCUT2D eigenvalue weighted by Crippen LogP contribution is -2.10. The minimum absolute atomic E-state index is 0.0751. The van der Waals surface area contributed by atoms with E-state index in [9.17, 15) is 9.90 Å². The Bertz CT molecular complexity index is 1400. The molecule has 2 aromatic carbocycles. The molecule has 0 fully saturated rings. The number of aromatic nitrogens is 2. The number of pyridine rings is 1. The van der Waals surface area contributed by atoms with E-state index in [0.717, 1.165) is 34.3 Å². The fourth-order valence-electron chi connectivity index (χ4n) is 4.25. The maximum Gasteiger partial charge on any atom is 0.235 e. The molecule has 1 aliphatic heterocycles. The standard InChI is InChI=1S/C26H23N3O3/c1-28(2)14-16-6-4-7-17(12-16)19-10-11-27-26-23(19)18(15-29(26)3)13-22-25(31)24-20(30)8-5-9-21(24)32-22/h4-13,15,30H,14H2,1-3H3. The highest BCUT2D eigenvalue weighted by atomic mass is 16.5. The Morgan fingerprint density at radius 1 is 1.16 bits per heavy atom. The Morgan fingerprint density at radius 2 is 1.97 bits per heavy atom. The second kappa shape index (κ2) is 7.66. The number of hydrogen-bond acceptors (Lipinski definition) is 5. The molecule has 0 amide bonds. The summed E-state index contributed by atoms with van der Waals surface area (Å²) in [6, 6.07) is 15.3. The lowest BCUT2D eigenvalue weighted by Gasteiger charge is -2.12. The predicted octanol–water partition coefficient (Wildman–Crippen LogP) is 4.62. The van der Waals surface area contributed by atoms with Crippen LogP contribution in [0, 0.1) is 0 Å². The SMILES string of the molecule is CN(C)Cc1cccc(-c2ccnc3c2c(C=C2Oc4cccc(O)c4C2=O)cn3C)c1. The van der Waals surface area contributed by atoms with Gasteiger partial charge in [-0.25, -0.2) is 4.98 Å². The number of ketones is 1. The molecule has 0 spiro atoms. The third-order valence-electron chi connectivity index (χ3n) is 5.58. The van der Waals surface area contributed by atoms with Crippen LogP contribution in [-0.4, -0.2) is 39.4 Å². The summed E-state index contributed by atoms with van der Waals surface area (Å²) < 4.78 is 7.73. The average Bonchev–Trinajstić information content (AvgIpc) is 3.25. The van der Waals surface area contributed by atoms with E-state index in [2.05, 4.69) is 34.1 Å². The second-order valence-corrected chi connectivity index (χ2v) is 8.28. The number of fused-ring (bicyclic) bond motifs is 2. The van der Waals surface area contributed by atoms with Gasteiger partial charge in [0.25, 0.3) is 0 Å². The largest absolute Gasteiger partial charge is 0.507 e. The van der Waals surface area contributed by atoms with Gasteiger partial charge >= 0.3 is 0 Å². The number of ether oxygens (including phenoxy) is 1. The van der Waals surface area contributed by atoms with Crippen molar-refractivity contribution < 1.29 is 14.6 Å². The van der Waals surface area contributed by atoms with Gasteiger partial charge in [-0.1, -0.05) is 24.3 Å². The first-order chi connectivity index (χ1) is 15.4. The Hall–Kier alpha value is -3.90. The normalized spacial score (nSPS) is 14.4. The van der Waals surface area contributed by atoms with E-state index in [1.807, 2.05) is 38.0 Å². The van der Waals surface area contributed by atoms with Crippen LogP contribution in [0.15, 0.2) is 66.7 Å². The van der Waals surface area contributed by atoms with E-state index in [1.54, 1.807) is 24.4 Å². The van der Waals surface area contributed by atoms with Gasteiger partial charge in [-0.05, 0) is 61.1 Å². The molecule has 0 unspecified atom stereocenters. The molecule has 6 nitrogen and oxygen atoms in total. The van der Waals surface area contributed by atoms with E-state index in [1.165, 1.54) is 11.6 Å². The van der Waals surface area contributed by atoms with Gasteiger partial charge in [0, 0.05) is 36.9 Å². The van der Waals surface area contributed by atoms with E-state index in [4.69, 9.17) is 4.74 Å². The zero-order valence-electron chi connectivity index (χ0n) is 18.2. The summed E-state index contributed by atoms with van der Waals surface area (Å²) in [5, 5.41) is 11.0. The second-order valence-electron chi connectivity index (χ2n) is 8.28. The van der Waals surface area contributed by atoms with Crippen LogP contribution in [0.3, 0.4) is 0 Å². The van der Waals surface area contributed by atoms with Crippen molar-refractivity contribution in [2.75, 3.05) is 14.1 Å². The van der Waals surface area contributed by atoms with Gasteiger partial charge in [0.05, 0.1) is 0 Å². The molecule has 2 aromatic heterocycles. The maximum atomic E-state index is 12.9. The number of benzene rings is 2. The van der Waals surface area contributed by atoms with Gasteiger partial charge in [-0.15, -0.1) is 0 Å². The summed E-state index contributed by atoms with van der Waals surface area (Å²) in [6.45, 7) is 0.845. The molecule has 0 radical (unpaired) electrons. The monoisotopic (exact) mass is 425 g/mol. The Labute approximate surface area is 186 Å². The molecule has 6 heteroatoms. The zero-order chi connectivity index (χ0) is 22.4. The molecule has 0 atom stereocenters. The molecular weight excluding hydrogens is 402 g/mol. The smallest absolute Gasteiger partial charge is 0.235 e. The van der Waals surface area contributed by atoms with Gasteiger partial charge in [-0.2, -0.15) is 0 Å². The number of phenols is 1. The summed E-state index contributed by atoms with van der Waals surface area (Å²) in [5.74, 6) is 0.156. The quantitative estimate of drug-likeness (QED) is 0.483. The highest BCUT2D eigenvalue weighted by Gasteiger charge is 2.30. The first-order valence-corrected chi connectivity index (χ1v) is 10.4. The van der Waals surface area contributed by atoms with Gasteiger partial charge in [0.15, 0.2) is 5.76 Å². The van der Waals surface area contributed by atoms with Gasteiger partial charge in [0.1, 0.15) is 22.7 Å². The molecule has 160 valence electrons. The Balaban J connectivity index is 1.65. The number of aromatic hydroxyl groups is 1. The molecule has 1 N–H and O–H groups in total. The van der Waals surface area contributed by atoms with E-state index >= 15 is 0 Å². The number of aryl methyl sites for hydroxylation is 1. The molecule has 1 aliphatic rings. The third kappa shape index (κ3) is 3.35. The van der Waals surface area contributed by atoms with Crippen molar-refractivity contribution in [2.45, 2.75) is 6.54 Å². The van der Waals surface area contributed by atoms with Crippen LogP contribution in [0.5, 0.6) is 11.5 Å². The third-order valence-corrected chi connectivity index (χ3v) is 5.58. The zero-order valence-corrected chi connectivity index (χ0v) is 18.2. The molecular formula is C26H23N3O3. The number of carbonyl (C=O) groups is 1. The van der Waals surface area contributed by atoms with Crippen LogP contribution in [-0.2, 0) is 13.6 Å². The molecule has 0 saturated heterocycles. The number of hydrogen-bond donors (Lipinski definition) is 1. The maximum absolute atomic E-state index is 12.9. The summed E-state index contributed by atoms with van der Waals surface area (Å²) in [7, 11) is 6.03. The van der Waals surface area contributed by atoms with E-state index in [0.29, 0.717) is 5.75 Å². The van der Waals surface area contributed by atoms with Crippen molar-refractivity contribution in [1.29, 1.82) is 0 Å². The minimum atomic E-state index is -0.325. The molecule has 0 bridgehead atoms. The van der Waals surface area contributed by atoms with Crippen LogP contribution in [0.4, 0.5) is 0 Å². The van der Waals surface area contributed by atoms with Crippen molar-refractivity contribution in [3.63, 3.8) is 0 Å². The van der Waals surface area contributed by atoms with Crippen molar-refractivity contribution in [3.8, 4) is 22.6 Å². The van der Waals surface area contributed by atoms with E-state index in [-0.39, 0.29) is 22.9 Å². The first kappa shape index (κ1) is 20.0. The number of nitrogens with zero attached hydrogens (tertiary/aromatic N) is 3. The topological polar surface area (TPSA) is 67.6 Å². The molecule has 5 rings (SSSR count). The number of carbonyl (C=O) groups excluding carboxylic acids is 1. The predicted molar refractivity (Wildman–Crippen MR) is 125 cm³/mol. The van der Waals surface area contributed by atoms with Gasteiger partial charge in [0.2, 0.25) is 5.78 Å². The van der Waals surface area contributed by atoms with Crippen LogP contribution in [0.1, 0.15) is 21.5 Å². The summed E-state index contributed by atoms with van der Waals surface area (Å²) in [4.78, 5) is 19.6. The number of rotatable bonds is 4. The highest BCUT2D eigenvalue weighted by Crippen LogP contribution is 2.39. The number of Topliss-reactive ketones (excluding diaryl/α,β-unsaturated/α-hetero) is 1. The molecule has 3 heterocycles. The Kier molecular flexibility index (Phi) is 4.79. The van der Waals surface area contributed by atoms with Crippen LogP contribution >= 0.6 is 0 Å². The van der Waals surface area contributed by atoms with Crippen molar-refractivity contribution >= 4 is 22.9 Å². The summed E-state index contributed by atoms with van der Waals surface area (Å²) in [6.07, 6.45) is 5.48. The summed E-state index contributed by atoms with van der Waals surface area (Å²) >= 11 is 0. The fourth-order valence-corrected chi connectivity index (χ4v) is 4.25. The number of allylic oxidation sites excluding steroid dienone is 1. The van der Waals surface area contributed by atoms with Crippen LogP contribution in [0.2, 0.25) is 0 Å². The van der Waals surface area contributed by atoms with Crippen molar-refractivity contribution in [1.82, 2.24) is 14.5 Å². The average molecular weight is 425 g/mol. The van der Waals surface area contributed by atoms with Gasteiger partial charge < -0.3 is 19.3 Å². The lowest BCUT2D eigenvalue weighted by atomic mass is 9.99. The van der Waals surface area contributed by atoms with Crippen molar-refractivity contribution in [2.24, 2.45) is 7.05 Å². The molecule has 0 saturated carbocycles. The van der Waals surface area contributed by atoms with Gasteiger partial charge in [-0.3, -0.25) is 4.79 Å². The lowest BCUT2D eigenvalue weighted by molar-refractivity contribution is 0.101. The van der Waals surface area contributed by atoms with Crippen LogP contribution < -0.4 is 4.74 Å². The fraction of sp³-hybridized carbons (Fsp3) is 0.154.